The average molecular weight is 1110 g/mol. The quantitative estimate of drug-likeness (QED) is 0.0659. The number of nitrogens with one attached hydrogen (secondary N) is 2. The number of carbonyl (C=O) groups is 8. The molecule has 0 aliphatic carbocycles. The normalized spacial score (nSPS) is 24.4. The highest BCUT2D eigenvalue weighted by atomic mass is 16.8. The summed E-state index contributed by atoms with van der Waals surface area (Å²) in [6.45, 7) is 11.7. The van der Waals surface area contributed by atoms with E-state index >= 15 is 0 Å². The lowest BCUT2D eigenvalue weighted by Crippen LogP contribution is -2.70. The summed E-state index contributed by atoms with van der Waals surface area (Å²) in [6.07, 6.45) is -15.8. The summed E-state index contributed by atoms with van der Waals surface area (Å²) in [5, 5.41) is 18.4. The molecule has 4 rings (SSSR count). The van der Waals surface area contributed by atoms with Crippen LogP contribution in [0.2, 0.25) is 0 Å². The van der Waals surface area contributed by atoms with Crippen molar-refractivity contribution >= 4 is 47.8 Å². The van der Waals surface area contributed by atoms with Crippen LogP contribution < -0.4 is 10.6 Å². The second-order valence-electron chi connectivity index (χ2n) is 20.1. The smallest absolute Gasteiger partial charge is 0.408 e. The van der Waals surface area contributed by atoms with Crippen LogP contribution in [0, 0.1) is 10.1 Å². The fraction of sp³-hybridized carbons (Fsp3) is 0.615. The van der Waals surface area contributed by atoms with E-state index in [4.69, 9.17) is 61.6 Å². The van der Waals surface area contributed by atoms with Crippen LogP contribution in [0.15, 0.2) is 60.7 Å². The van der Waals surface area contributed by atoms with E-state index < -0.39 is 163 Å². The number of esters is 6. The van der Waals surface area contributed by atoms with Gasteiger partial charge < -0.3 is 72.2 Å². The predicted molar refractivity (Wildman–Crippen MR) is 266 cm³/mol. The lowest BCUT2D eigenvalue weighted by atomic mass is 9.87. The maximum absolute atomic E-state index is 14.4. The molecule has 2 N–H and O–H groups in total. The van der Waals surface area contributed by atoms with Gasteiger partial charge in [0.25, 0.3) is 11.8 Å². The van der Waals surface area contributed by atoms with E-state index in [1.807, 2.05) is 0 Å². The van der Waals surface area contributed by atoms with Crippen LogP contribution in [0.5, 0.6) is 0 Å². The van der Waals surface area contributed by atoms with E-state index in [0.29, 0.717) is 11.1 Å². The minimum Gasteiger partial charge on any atom is -0.465 e. The third-order valence-corrected chi connectivity index (χ3v) is 11.2. The highest BCUT2D eigenvalue weighted by Crippen LogP contribution is 2.39. The van der Waals surface area contributed by atoms with Crippen molar-refractivity contribution in [2.45, 2.75) is 180 Å². The molecule has 2 saturated heterocycles. The number of nitrogens with zero attached hydrogens (tertiary/aromatic N) is 1. The first-order valence-electron chi connectivity index (χ1n) is 24.8. The number of ether oxygens (including phenoxy) is 13. The van der Waals surface area contributed by atoms with Gasteiger partial charge in [0, 0.05) is 39.5 Å². The number of nitro groups is 1. The van der Waals surface area contributed by atoms with Gasteiger partial charge in [-0.3, -0.25) is 34.1 Å². The number of hydrogen-bond donors (Lipinski definition) is 2. The van der Waals surface area contributed by atoms with Crippen molar-refractivity contribution < 1.29 is 105 Å². The number of rotatable bonds is 24. The molecule has 2 heterocycles. The Balaban J connectivity index is 1.94. The van der Waals surface area contributed by atoms with Gasteiger partial charge in [0.1, 0.15) is 42.2 Å². The van der Waals surface area contributed by atoms with Crippen molar-refractivity contribution in [2.75, 3.05) is 26.9 Å². The van der Waals surface area contributed by atoms with Crippen LogP contribution in [0.3, 0.4) is 0 Å². The maximum atomic E-state index is 14.4. The zero-order valence-electron chi connectivity index (χ0n) is 45.7. The molecular weight excluding hydrogens is 1030 g/mol. The van der Waals surface area contributed by atoms with Crippen molar-refractivity contribution in [3.63, 3.8) is 0 Å². The van der Waals surface area contributed by atoms with Gasteiger partial charge in [0.15, 0.2) is 24.4 Å². The highest BCUT2D eigenvalue weighted by molar-refractivity contribution is 5.82. The van der Waals surface area contributed by atoms with Crippen molar-refractivity contribution in [1.82, 2.24) is 10.6 Å². The molecule has 2 fully saturated rings. The fourth-order valence-electron chi connectivity index (χ4n) is 8.26. The number of benzene rings is 2. The fourth-order valence-corrected chi connectivity index (χ4v) is 8.26. The van der Waals surface area contributed by atoms with Crippen LogP contribution >= 0.6 is 0 Å². The van der Waals surface area contributed by atoms with Crippen molar-refractivity contribution in [3.8, 4) is 0 Å². The molecular formula is C52H71N3O23. The third-order valence-electron chi connectivity index (χ3n) is 11.2. The Morgan fingerprint density at radius 2 is 1.31 bits per heavy atom. The van der Waals surface area contributed by atoms with Crippen LogP contribution in [-0.4, -0.2) is 164 Å². The largest absolute Gasteiger partial charge is 0.465 e. The minimum absolute atomic E-state index is 0.218. The lowest BCUT2D eigenvalue weighted by Gasteiger charge is -2.49. The molecule has 2 aromatic rings. The summed E-state index contributed by atoms with van der Waals surface area (Å²) < 4.78 is 76.6. The Labute approximate surface area is 451 Å². The maximum Gasteiger partial charge on any atom is 0.408 e. The van der Waals surface area contributed by atoms with Gasteiger partial charge in [-0.15, -0.1) is 0 Å². The molecule has 2 aliphatic rings. The topological polar surface area (TPSA) is 324 Å². The van der Waals surface area contributed by atoms with Crippen molar-refractivity contribution in [3.05, 3.63) is 81.9 Å². The summed E-state index contributed by atoms with van der Waals surface area (Å²) in [5.41, 5.74) is -0.954. The van der Waals surface area contributed by atoms with Crippen molar-refractivity contribution in [1.29, 1.82) is 0 Å². The predicted octanol–water partition coefficient (Wildman–Crippen LogP) is 3.32. The lowest BCUT2D eigenvalue weighted by molar-refractivity contribution is -0.577. The Morgan fingerprint density at radius 1 is 0.744 bits per heavy atom. The number of amides is 2. The minimum atomic E-state index is -2.79. The molecule has 0 unspecified atom stereocenters. The summed E-state index contributed by atoms with van der Waals surface area (Å²) in [5.74, 6) is -9.68. The third kappa shape index (κ3) is 19.9. The van der Waals surface area contributed by atoms with E-state index in [0.717, 1.165) is 41.7 Å². The molecule has 2 aliphatic heterocycles. The molecule has 78 heavy (non-hydrogen) atoms. The molecule has 26 heteroatoms. The Hall–Kier alpha value is -6.84. The first-order chi connectivity index (χ1) is 36.5. The van der Waals surface area contributed by atoms with Crippen LogP contribution in [0.25, 0.3) is 0 Å². The molecule has 0 aromatic heterocycles. The van der Waals surface area contributed by atoms with Gasteiger partial charge in [0.2, 0.25) is 12.2 Å². The summed E-state index contributed by atoms with van der Waals surface area (Å²) in [4.78, 5) is 117. The van der Waals surface area contributed by atoms with E-state index in [-0.39, 0.29) is 13.2 Å². The van der Waals surface area contributed by atoms with Crippen LogP contribution in [0.1, 0.15) is 93.7 Å². The molecule has 0 radical (unpaired) electrons. The Bertz CT molecular complexity index is 2380. The van der Waals surface area contributed by atoms with E-state index in [1.165, 1.54) is 0 Å². The van der Waals surface area contributed by atoms with Crippen molar-refractivity contribution in [2.24, 2.45) is 0 Å². The van der Waals surface area contributed by atoms with Gasteiger partial charge in [-0.05, 0) is 52.7 Å². The Kier molecular flexibility index (Phi) is 23.4. The molecule has 12 atom stereocenters. The van der Waals surface area contributed by atoms with Crippen LogP contribution in [-0.2, 0) is 108 Å². The average Bonchev–Trinajstić information content (AvgIpc) is 3.33. The standard InChI is InChI=1S/C52H71N3O23/c1-29(56)53-40-37(72-31(3)58)23-52(48(62)66-12,76-44(40)43(74-33(5)60)38(73-32(4)59)27-67-30(2)57)71-28-39-42(68-24-34-19-15-13-16-20-34)45(69-25-35-21-17-14-18-22-35)41(55(64)65)47(75-39)70-26-36(46(61)77-50(6,7)8)54-49(63)78-51(9,10)11/h13-22,36-45,47H,23-28H2,1-12H3,(H,53,56)(H,54,63)/t36-,37-,38+,39+,40+,41+,42-,43+,44+,45+,47-,52+/m0/s1. The monoisotopic (exact) mass is 1110 g/mol. The summed E-state index contributed by atoms with van der Waals surface area (Å²) >= 11 is 0. The second-order valence-corrected chi connectivity index (χ2v) is 20.1. The van der Waals surface area contributed by atoms with Gasteiger partial charge in [-0.1, -0.05) is 60.7 Å². The molecule has 432 valence electrons. The van der Waals surface area contributed by atoms with Crippen LogP contribution in [0.4, 0.5) is 4.79 Å². The number of carbonyl (C=O) groups excluding carboxylic acids is 8. The molecule has 2 amide bonds. The van der Waals surface area contributed by atoms with E-state index in [2.05, 4.69) is 10.6 Å². The molecule has 0 spiro atoms. The first-order valence-corrected chi connectivity index (χ1v) is 24.8. The number of methoxy groups -OCH3 is 1. The molecule has 0 bridgehead atoms. The van der Waals surface area contributed by atoms with Gasteiger partial charge in [-0.2, -0.15) is 0 Å². The summed E-state index contributed by atoms with van der Waals surface area (Å²) in [7, 11) is 0.951. The van der Waals surface area contributed by atoms with Gasteiger partial charge in [0.05, 0.1) is 46.0 Å². The molecule has 0 saturated carbocycles. The SMILES string of the molecule is COC(=O)[C@@]1(OC[C@H]2O[C@H](OC[C@H](NC(=O)OC(C)(C)C)C(=O)OC(C)(C)C)[C@H]([N+](=O)[O-])[C@@H](OCc3ccccc3)[C@H]2OCc2ccccc2)C[C@H](OC(C)=O)[C@@H](NC(C)=O)[C@H]([C@H](OC(C)=O)[C@@H](COC(C)=O)OC(C)=O)O1. The molecule has 2 aromatic carbocycles. The number of hydrogen-bond acceptors (Lipinski definition) is 23. The van der Waals surface area contributed by atoms with E-state index in [1.54, 1.807) is 102 Å². The number of alkyl carbamates (subject to hydrolysis) is 1. The zero-order chi connectivity index (χ0) is 58.1. The van der Waals surface area contributed by atoms with E-state index in [9.17, 15) is 48.5 Å². The Morgan fingerprint density at radius 3 is 1.79 bits per heavy atom. The zero-order valence-corrected chi connectivity index (χ0v) is 45.7. The molecule has 26 nitrogen and oxygen atoms in total. The highest BCUT2D eigenvalue weighted by Gasteiger charge is 2.61. The van der Waals surface area contributed by atoms with Gasteiger partial charge in [-0.25, -0.2) is 14.4 Å². The first kappa shape index (κ1) is 63.7. The van der Waals surface area contributed by atoms with Gasteiger partial charge >= 0.3 is 41.9 Å². The second kappa shape index (κ2) is 28.7. The summed E-state index contributed by atoms with van der Waals surface area (Å²) in [6, 6.07) is 12.0.